The summed E-state index contributed by atoms with van der Waals surface area (Å²) in [6.07, 6.45) is 5.76. The summed E-state index contributed by atoms with van der Waals surface area (Å²) in [5.74, 6) is 0.240. The van der Waals surface area contributed by atoms with Crippen LogP contribution < -0.4 is 4.74 Å². The molecule has 1 N–H and O–H groups in total. The van der Waals surface area contributed by atoms with Crippen LogP contribution in [-0.2, 0) is 0 Å². The minimum absolute atomic E-state index is 0.135. The highest BCUT2D eigenvalue weighted by atomic mass is 16.5. The Balaban J connectivity index is 1.40. The second kappa shape index (κ2) is 10.8. The van der Waals surface area contributed by atoms with Crippen molar-refractivity contribution in [2.75, 3.05) is 6.61 Å². The lowest BCUT2D eigenvalue weighted by atomic mass is 10.0. The van der Waals surface area contributed by atoms with Gasteiger partial charge < -0.3 is 9.84 Å². The molecule has 196 valence electrons. The second-order valence-electron chi connectivity index (χ2n) is 9.24. The molecule has 40 heavy (non-hydrogen) atoms. The standard InChI is InChI=1S/C32H25N5O3/c1-2-17-40-26-10-7-22(8-11-26)21-3-5-23(6-4-21)30-20-28(24-9-12-27-29(18-24)34-16-15-33-27)36-37(30)31-19-25(32(38)39)13-14-35-31/h3-16,18-20H,2,17H2,1H3,(H,38,39). The van der Waals surface area contributed by atoms with Crippen molar-refractivity contribution in [2.24, 2.45) is 0 Å². The molecule has 3 heterocycles. The lowest BCUT2D eigenvalue weighted by Gasteiger charge is -2.09. The number of aromatic nitrogens is 5. The number of carbonyl (C=O) groups is 1. The summed E-state index contributed by atoms with van der Waals surface area (Å²) in [5, 5.41) is 14.4. The van der Waals surface area contributed by atoms with E-state index in [1.165, 1.54) is 18.3 Å². The van der Waals surface area contributed by atoms with Crippen LogP contribution >= 0.6 is 0 Å². The zero-order valence-electron chi connectivity index (χ0n) is 21.7. The van der Waals surface area contributed by atoms with Crippen molar-refractivity contribution in [2.45, 2.75) is 13.3 Å². The molecule has 0 atom stereocenters. The molecular weight excluding hydrogens is 502 g/mol. The van der Waals surface area contributed by atoms with Crippen LogP contribution in [0, 0.1) is 0 Å². The number of carboxylic acids is 1. The van der Waals surface area contributed by atoms with Gasteiger partial charge in [-0.25, -0.2) is 14.5 Å². The number of fused-ring (bicyclic) bond motifs is 1. The zero-order chi connectivity index (χ0) is 27.5. The van der Waals surface area contributed by atoms with Crippen LogP contribution in [0.4, 0.5) is 0 Å². The lowest BCUT2D eigenvalue weighted by Crippen LogP contribution is -2.05. The van der Waals surface area contributed by atoms with E-state index in [-0.39, 0.29) is 5.56 Å². The van der Waals surface area contributed by atoms with E-state index in [9.17, 15) is 9.90 Å². The fourth-order valence-electron chi connectivity index (χ4n) is 4.49. The SMILES string of the molecule is CCCOc1ccc(-c2ccc(-c3cc(-c4ccc5nccnc5c4)nn3-c3cc(C(=O)O)ccn3)cc2)cc1. The predicted octanol–water partition coefficient (Wildman–Crippen LogP) is 6.70. The number of hydrogen-bond acceptors (Lipinski definition) is 6. The average molecular weight is 528 g/mol. The van der Waals surface area contributed by atoms with Gasteiger partial charge >= 0.3 is 5.97 Å². The van der Waals surface area contributed by atoms with Gasteiger partial charge in [0.25, 0.3) is 0 Å². The number of pyridine rings is 1. The smallest absolute Gasteiger partial charge is 0.335 e. The van der Waals surface area contributed by atoms with Crippen molar-refractivity contribution in [1.82, 2.24) is 24.7 Å². The van der Waals surface area contributed by atoms with E-state index < -0.39 is 5.97 Å². The van der Waals surface area contributed by atoms with Gasteiger partial charge in [-0.1, -0.05) is 49.4 Å². The van der Waals surface area contributed by atoms with E-state index in [0.717, 1.165) is 51.2 Å². The quantitative estimate of drug-likeness (QED) is 0.235. The van der Waals surface area contributed by atoms with Crippen molar-refractivity contribution < 1.29 is 14.6 Å². The van der Waals surface area contributed by atoms with E-state index in [2.05, 4.69) is 34.0 Å². The van der Waals surface area contributed by atoms with Crippen LogP contribution in [0.25, 0.3) is 50.5 Å². The van der Waals surface area contributed by atoms with Crippen molar-refractivity contribution in [3.05, 3.63) is 109 Å². The first-order chi connectivity index (χ1) is 19.6. The van der Waals surface area contributed by atoms with Gasteiger partial charge in [-0.05, 0) is 60.0 Å². The largest absolute Gasteiger partial charge is 0.494 e. The number of rotatable bonds is 8. The van der Waals surface area contributed by atoms with Crippen LogP contribution in [0.1, 0.15) is 23.7 Å². The molecule has 0 spiro atoms. The number of benzene rings is 3. The Hall–Kier alpha value is -5.37. The Morgan fingerprint density at radius 1 is 0.750 bits per heavy atom. The Bertz CT molecular complexity index is 1810. The van der Waals surface area contributed by atoms with Gasteiger partial charge in [0.15, 0.2) is 5.82 Å². The molecule has 0 bridgehead atoms. The number of hydrogen-bond donors (Lipinski definition) is 1. The van der Waals surface area contributed by atoms with E-state index in [0.29, 0.717) is 18.1 Å². The Kier molecular flexibility index (Phi) is 6.72. The van der Waals surface area contributed by atoms with Gasteiger partial charge in [0, 0.05) is 29.7 Å². The summed E-state index contributed by atoms with van der Waals surface area (Å²) >= 11 is 0. The fourth-order valence-corrected chi connectivity index (χ4v) is 4.49. The van der Waals surface area contributed by atoms with E-state index in [1.54, 1.807) is 17.1 Å². The first kappa shape index (κ1) is 24.9. The topological polar surface area (TPSA) is 103 Å². The molecular formula is C32H25N5O3. The van der Waals surface area contributed by atoms with Crippen LogP contribution in [-0.4, -0.2) is 42.4 Å². The third-order valence-corrected chi connectivity index (χ3v) is 6.53. The predicted molar refractivity (Wildman–Crippen MR) is 154 cm³/mol. The molecule has 6 rings (SSSR count). The molecule has 0 aliphatic rings. The molecule has 6 aromatic rings. The average Bonchev–Trinajstić information content (AvgIpc) is 3.46. The van der Waals surface area contributed by atoms with Crippen molar-refractivity contribution >= 4 is 17.0 Å². The number of carboxylic acid groups (broad SMARTS) is 1. The Morgan fingerprint density at radius 3 is 2.15 bits per heavy atom. The molecule has 0 saturated heterocycles. The molecule has 0 amide bonds. The maximum absolute atomic E-state index is 11.7. The number of nitrogens with zero attached hydrogens (tertiary/aromatic N) is 5. The van der Waals surface area contributed by atoms with Gasteiger partial charge in [-0.3, -0.25) is 9.97 Å². The Labute approximate surface area is 230 Å². The first-order valence-corrected chi connectivity index (χ1v) is 12.9. The van der Waals surface area contributed by atoms with E-state index in [1.807, 2.05) is 60.7 Å². The third-order valence-electron chi connectivity index (χ3n) is 6.53. The normalized spacial score (nSPS) is 11.0. The molecule has 0 saturated carbocycles. The second-order valence-corrected chi connectivity index (χ2v) is 9.24. The maximum atomic E-state index is 11.7. The highest BCUT2D eigenvalue weighted by Gasteiger charge is 2.16. The van der Waals surface area contributed by atoms with Crippen molar-refractivity contribution in [3.8, 4) is 45.2 Å². The van der Waals surface area contributed by atoms with Crippen LogP contribution in [0.5, 0.6) is 5.75 Å². The Morgan fingerprint density at radius 2 is 1.43 bits per heavy atom. The molecule has 8 nitrogen and oxygen atoms in total. The summed E-state index contributed by atoms with van der Waals surface area (Å²) < 4.78 is 7.38. The monoisotopic (exact) mass is 527 g/mol. The van der Waals surface area contributed by atoms with Gasteiger partial charge in [0.05, 0.1) is 34.6 Å². The van der Waals surface area contributed by atoms with Gasteiger partial charge in [0.2, 0.25) is 0 Å². The first-order valence-electron chi connectivity index (χ1n) is 12.9. The van der Waals surface area contributed by atoms with Gasteiger partial charge in [0.1, 0.15) is 5.75 Å². The van der Waals surface area contributed by atoms with Crippen LogP contribution in [0.3, 0.4) is 0 Å². The summed E-state index contributed by atoms with van der Waals surface area (Å²) in [5.41, 5.74) is 7.10. The molecule has 0 aliphatic carbocycles. The minimum Gasteiger partial charge on any atom is -0.494 e. The van der Waals surface area contributed by atoms with Crippen molar-refractivity contribution in [3.63, 3.8) is 0 Å². The summed E-state index contributed by atoms with van der Waals surface area (Å²) in [7, 11) is 0. The van der Waals surface area contributed by atoms with Crippen LogP contribution in [0.2, 0.25) is 0 Å². The maximum Gasteiger partial charge on any atom is 0.335 e. The number of ether oxygens (including phenoxy) is 1. The van der Waals surface area contributed by atoms with Gasteiger partial charge in [-0.2, -0.15) is 5.10 Å². The lowest BCUT2D eigenvalue weighted by molar-refractivity contribution is 0.0696. The van der Waals surface area contributed by atoms with Crippen LogP contribution in [0.15, 0.2) is 104 Å². The summed E-state index contributed by atoms with van der Waals surface area (Å²) in [6.45, 7) is 2.78. The summed E-state index contributed by atoms with van der Waals surface area (Å²) in [6, 6.07) is 27.0. The van der Waals surface area contributed by atoms with E-state index in [4.69, 9.17) is 9.84 Å². The van der Waals surface area contributed by atoms with Gasteiger partial charge in [-0.15, -0.1) is 0 Å². The summed E-state index contributed by atoms with van der Waals surface area (Å²) in [4.78, 5) is 24.9. The molecule has 0 radical (unpaired) electrons. The molecule has 0 aliphatic heterocycles. The van der Waals surface area contributed by atoms with Crippen molar-refractivity contribution in [1.29, 1.82) is 0 Å². The molecule has 0 fully saturated rings. The molecule has 3 aromatic carbocycles. The molecule has 8 heteroatoms. The number of aromatic carboxylic acids is 1. The van der Waals surface area contributed by atoms with E-state index >= 15 is 0 Å². The molecule has 3 aromatic heterocycles. The highest BCUT2D eigenvalue weighted by molar-refractivity contribution is 5.88. The third kappa shape index (κ3) is 5.02. The molecule has 0 unspecified atom stereocenters. The minimum atomic E-state index is -1.03. The zero-order valence-corrected chi connectivity index (χ0v) is 21.7. The fraction of sp³-hybridized carbons (Fsp3) is 0.0938. The highest BCUT2D eigenvalue weighted by Crippen LogP contribution is 2.31.